The summed E-state index contributed by atoms with van der Waals surface area (Å²) in [7, 11) is 0. The van der Waals surface area contributed by atoms with Crippen LogP contribution in [0.4, 0.5) is 0 Å². The largest absolute Gasteiger partial charge is 0.0877 e. The summed E-state index contributed by atoms with van der Waals surface area (Å²) in [6, 6.07) is 0. The Morgan fingerprint density at radius 2 is 2.42 bits per heavy atom. The van der Waals surface area contributed by atoms with E-state index in [2.05, 4.69) is 46.3 Å². The molecule has 1 aliphatic carbocycles. The maximum absolute atomic E-state index is 3.44. The lowest BCUT2D eigenvalue weighted by Gasteiger charge is -2.05. The summed E-state index contributed by atoms with van der Waals surface area (Å²) in [6.07, 6.45) is 13.9. The van der Waals surface area contributed by atoms with Crippen LogP contribution in [0.25, 0.3) is 0 Å². The third-order valence-electron chi connectivity index (χ3n) is 1.71. The Morgan fingerprint density at radius 3 is 3.08 bits per heavy atom. The van der Waals surface area contributed by atoms with Gasteiger partial charge in [0.25, 0.3) is 0 Å². The van der Waals surface area contributed by atoms with Gasteiger partial charge in [0.1, 0.15) is 0 Å². The summed E-state index contributed by atoms with van der Waals surface area (Å²) in [4.78, 5) is 0. The molecule has 0 heterocycles. The summed E-state index contributed by atoms with van der Waals surface area (Å²) in [6.45, 7) is 2.03. The van der Waals surface area contributed by atoms with Crippen molar-refractivity contribution < 1.29 is 0 Å². The van der Waals surface area contributed by atoms with Crippen LogP contribution in [0.5, 0.6) is 0 Å². The SMILES string of the molecule is C/C=C\C=C1\C=C(CBr)C=CC1. The van der Waals surface area contributed by atoms with Crippen LogP contribution >= 0.6 is 15.9 Å². The van der Waals surface area contributed by atoms with E-state index in [-0.39, 0.29) is 0 Å². The molecule has 64 valence electrons. The average Bonchev–Trinajstić information content (AvgIpc) is 2.15. The van der Waals surface area contributed by atoms with Crippen LogP contribution in [-0.2, 0) is 0 Å². The highest BCUT2D eigenvalue weighted by molar-refractivity contribution is 9.09. The lowest BCUT2D eigenvalue weighted by molar-refractivity contribution is 1.23. The fraction of sp³-hybridized carbons (Fsp3) is 0.273. The Balaban J connectivity index is 2.71. The monoisotopic (exact) mass is 224 g/mol. The standard InChI is InChI=1S/C11H13Br/c1-2-3-5-10-6-4-7-11(8-10)9-12/h2-5,7-8H,6,9H2,1H3/b3-2-,10-5+. The Bertz CT molecular complexity index is 254. The fourth-order valence-electron chi connectivity index (χ4n) is 1.11. The average molecular weight is 225 g/mol. The van der Waals surface area contributed by atoms with Crippen molar-refractivity contribution in [1.82, 2.24) is 0 Å². The minimum absolute atomic E-state index is 0.941. The van der Waals surface area contributed by atoms with E-state index in [1.165, 1.54) is 11.1 Å². The predicted octanol–water partition coefficient (Wildman–Crippen LogP) is 3.77. The molecule has 0 atom stereocenters. The first-order valence-corrected chi connectivity index (χ1v) is 5.24. The molecule has 0 saturated heterocycles. The first-order valence-electron chi connectivity index (χ1n) is 4.11. The number of hydrogen-bond acceptors (Lipinski definition) is 0. The summed E-state index contributed by atoms with van der Waals surface area (Å²) >= 11 is 3.44. The second-order valence-electron chi connectivity index (χ2n) is 2.73. The van der Waals surface area contributed by atoms with Gasteiger partial charge in [-0.15, -0.1) is 0 Å². The van der Waals surface area contributed by atoms with E-state index >= 15 is 0 Å². The predicted molar refractivity (Wildman–Crippen MR) is 58.5 cm³/mol. The number of allylic oxidation sites excluding steroid dienone is 8. The first-order chi connectivity index (χ1) is 5.86. The van der Waals surface area contributed by atoms with Gasteiger partial charge in [0.2, 0.25) is 0 Å². The Labute approximate surface area is 82.5 Å². The molecular weight excluding hydrogens is 212 g/mol. The highest BCUT2D eigenvalue weighted by atomic mass is 79.9. The highest BCUT2D eigenvalue weighted by Crippen LogP contribution is 2.17. The van der Waals surface area contributed by atoms with Crippen molar-refractivity contribution in [2.24, 2.45) is 0 Å². The zero-order valence-corrected chi connectivity index (χ0v) is 8.84. The lowest BCUT2D eigenvalue weighted by atomic mass is 10.0. The van der Waals surface area contributed by atoms with Crippen LogP contribution < -0.4 is 0 Å². The number of rotatable bonds is 2. The molecule has 0 unspecified atom stereocenters. The van der Waals surface area contributed by atoms with Gasteiger partial charge in [-0.05, 0) is 24.5 Å². The molecule has 0 saturated carbocycles. The van der Waals surface area contributed by atoms with Crippen LogP contribution in [0.15, 0.2) is 47.6 Å². The Hall–Kier alpha value is -0.560. The molecule has 12 heavy (non-hydrogen) atoms. The van der Waals surface area contributed by atoms with Gasteiger partial charge in [-0.25, -0.2) is 0 Å². The molecule has 1 heteroatoms. The topological polar surface area (TPSA) is 0 Å². The first kappa shape index (κ1) is 9.53. The summed E-state index contributed by atoms with van der Waals surface area (Å²) in [5.74, 6) is 0. The highest BCUT2D eigenvalue weighted by Gasteiger charge is 1.98. The Kier molecular flexibility index (Phi) is 4.09. The molecule has 1 rings (SSSR count). The molecule has 0 radical (unpaired) electrons. The summed E-state index contributed by atoms with van der Waals surface area (Å²) < 4.78 is 0. The van der Waals surface area contributed by atoms with Gasteiger partial charge < -0.3 is 0 Å². The summed E-state index contributed by atoms with van der Waals surface area (Å²) in [5, 5.41) is 0.941. The molecule has 0 fully saturated rings. The van der Waals surface area contributed by atoms with Crippen molar-refractivity contribution in [3.8, 4) is 0 Å². The van der Waals surface area contributed by atoms with E-state index in [0.29, 0.717) is 0 Å². The number of alkyl halides is 1. The van der Waals surface area contributed by atoms with Crippen LogP contribution in [0.3, 0.4) is 0 Å². The molecule has 0 aromatic carbocycles. The van der Waals surface area contributed by atoms with E-state index in [1.807, 2.05) is 13.0 Å². The quantitative estimate of drug-likeness (QED) is 0.627. The smallest absolute Gasteiger partial charge is 0.0283 e. The molecule has 0 bridgehead atoms. The molecule has 0 nitrogen and oxygen atoms in total. The van der Waals surface area contributed by atoms with Crippen LogP contribution in [0.1, 0.15) is 13.3 Å². The van der Waals surface area contributed by atoms with E-state index in [0.717, 1.165) is 11.8 Å². The molecular formula is C11H13Br. The maximum atomic E-state index is 3.44. The number of halogens is 1. The van der Waals surface area contributed by atoms with Gasteiger partial charge in [-0.2, -0.15) is 0 Å². The van der Waals surface area contributed by atoms with Crippen LogP contribution in [-0.4, -0.2) is 5.33 Å². The fourth-order valence-corrected chi connectivity index (χ4v) is 1.46. The molecule has 0 amide bonds. The van der Waals surface area contributed by atoms with Crippen molar-refractivity contribution in [2.45, 2.75) is 13.3 Å². The van der Waals surface area contributed by atoms with Gasteiger partial charge in [-0.3, -0.25) is 0 Å². The van der Waals surface area contributed by atoms with Gasteiger partial charge in [0.15, 0.2) is 0 Å². The van der Waals surface area contributed by atoms with Gasteiger partial charge >= 0.3 is 0 Å². The lowest BCUT2D eigenvalue weighted by Crippen LogP contribution is -1.88. The van der Waals surface area contributed by atoms with Gasteiger partial charge in [0, 0.05) is 5.33 Å². The molecule has 0 aliphatic heterocycles. The van der Waals surface area contributed by atoms with Crippen molar-refractivity contribution in [3.05, 3.63) is 47.6 Å². The zero-order valence-electron chi connectivity index (χ0n) is 7.26. The molecule has 1 aliphatic rings. The minimum Gasteiger partial charge on any atom is -0.0877 e. The van der Waals surface area contributed by atoms with Crippen molar-refractivity contribution in [1.29, 1.82) is 0 Å². The maximum Gasteiger partial charge on any atom is 0.0283 e. The summed E-state index contributed by atoms with van der Waals surface area (Å²) in [5.41, 5.74) is 2.72. The van der Waals surface area contributed by atoms with Gasteiger partial charge in [0.05, 0.1) is 0 Å². The van der Waals surface area contributed by atoms with Crippen molar-refractivity contribution in [3.63, 3.8) is 0 Å². The van der Waals surface area contributed by atoms with Crippen LogP contribution in [0.2, 0.25) is 0 Å². The van der Waals surface area contributed by atoms with Crippen molar-refractivity contribution in [2.75, 3.05) is 5.33 Å². The molecule has 0 aromatic heterocycles. The van der Waals surface area contributed by atoms with Crippen molar-refractivity contribution >= 4 is 15.9 Å². The Morgan fingerprint density at radius 1 is 1.58 bits per heavy atom. The normalized spacial score (nSPS) is 20.5. The second-order valence-corrected chi connectivity index (χ2v) is 3.29. The van der Waals surface area contributed by atoms with E-state index < -0.39 is 0 Å². The third-order valence-corrected chi connectivity index (χ3v) is 2.36. The van der Waals surface area contributed by atoms with Gasteiger partial charge in [-0.1, -0.05) is 52.4 Å². The minimum atomic E-state index is 0.941. The van der Waals surface area contributed by atoms with E-state index in [4.69, 9.17) is 0 Å². The van der Waals surface area contributed by atoms with Crippen LogP contribution in [0, 0.1) is 0 Å². The number of hydrogen-bond donors (Lipinski definition) is 0. The molecule has 0 N–H and O–H groups in total. The van der Waals surface area contributed by atoms with E-state index in [1.54, 1.807) is 0 Å². The second kappa shape index (κ2) is 5.15. The van der Waals surface area contributed by atoms with E-state index in [9.17, 15) is 0 Å². The molecule has 0 spiro atoms. The third kappa shape index (κ3) is 2.82. The molecule has 0 aromatic rings. The zero-order chi connectivity index (χ0) is 8.81.